The number of rotatable bonds is 20. The van der Waals surface area contributed by atoms with Gasteiger partial charge in [0, 0.05) is 48.5 Å². The van der Waals surface area contributed by atoms with Gasteiger partial charge in [-0.25, -0.2) is 9.59 Å². The fourth-order valence-corrected chi connectivity index (χ4v) is 8.49. The molecule has 2 aromatic carbocycles. The highest BCUT2D eigenvalue weighted by Gasteiger charge is 2.61. The Bertz CT molecular complexity index is 2070. The number of esters is 8. The fourth-order valence-electron chi connectivity index (χ4n) is 7.29. The monoisotopic (exact) mass is 1070 g/mol. The highest BCUT2D eigenvalue weighted by atomic mass is 127. The van der Waals surface area contributed by atoms with Crippen molar-refractivity contribution in [2.75, 3.05) is 19.8 Å². The molecule has 1 N–H and O–H groups in total. The van der Waals surface area contributed by atoms with Crippen LogP contribution in [-0.2, 0) is 108 Å². The standard InChI is InChI=1S/C45H54INO21/c1-23(48)57-21-33-37(62-25(3)50)35(39(64-27(5)52)41-42(66-29(7)54)40(65-28(6)53)38(63-26(4)51)34(67-41)22-58-24(2)49)36(46)44(68-33)60-20-32(43(55)59-18-30-14-10-8-11-15-30)47-45(56)61-19-31-16-12-9-13-17-31/h8-17,32-42,44H,18-22H2,1-7H3,(H,47,56)/t32-,33+,34+,35+,36-,37-,38-,39+,40-,41-,42+,44-/m0/s1. The van der Waals surface area contributed by atoms with E-state index in [0.29, 0.717) is 11.1 Å². The molecule has 68 heavy (non-hydrogen) atoms. The number of alkyl halides is 1. The van der Waals surface area contributed by atoms with Crippen molar-refractivity contribution in [3.63, 3.8) is 0 Å². The van der Waals surface area contributed by atoms with Crippen LogP contribution in [0.15, 0.2) is 60.7 Å². The zero-order valence-corrected chi connectivity index (χ0v) is 40.3. The Balaban J connectivity index is 1.82. The topological polar surface area (TPSA) is 276 Å². The van der Waals surface area contributed by atoms with Crippen LogP contribution in [0.2, 0.25) is 0 Å². The Hall–Kier alpha value is -5.92. The summed E-state index contributed by atoms with van der Waals surface area (Å²) in [5.74, 6) is -8.59. The van der Waals surface area contributed by atoms with Crippen LogP contribution in [0.5, 0.6) is 0 Å². The highest BCUT2D eigenvalue weighted by Crippen LogP contribution is 2.42. The minimum atomic E-state index is -1.77. The molecule has 2 aliphatic heterocycles. The lowest BCUT2D eigenvalue weighted by Crippen LogP contribution is -2.69. The van der Waals surface area contributed by atoms with Crippen molar-refractivity contribution in [2.24, 2.45) is 5.92 Å². The zero-order valence-electron chi connectivity index (χ0n) is 38.2. The first-order valence-corrected chi connectivity index (χ1v) is 22.4. The number of ether oxygens (including phenoxy) is 12. The molecule has 0 aliphatic carbocycles. The van der Waals surface area contributed by atoms with Crippen LogP contribution in [0.1, 0.15) is 59.6 Å². The minimum Gasteiger partial charge on any atom is -0.463 e. The Labute approximate surface area is 404 Å². The quantitative estimate of drug-likeness (QED) is 0.0864. The molecule has 4 rings (SSSR count). The maximum absolute atomic E-state index is 13.7. The summed E-state index contributed by atoms with van der Waals surface area (Å²) in [4.78, 5) is 115. The maximum atomic E-state index is 13.7. The third-order valence-corrected chi connectivity index (χ3v) is 11.3. The van der Waals surface area contributed by atoms with Gasteiger partial charge in [0.25, 0.3) is 0 Å². The molecular weight excluding hydrogens is 1020 g/mol. The summed E-state index contributed by atoms with van der Waals surface area (Å²) in [5.41, 5.74) is 1.28. The third-order valence-electron chi connectivity index (χ3n) is 9.91. The summed E-state index contributed by atoms with van der Waals surface area (Å²) in [6, 6.07) is 15.8. The van der Waals surface area contributed by atoms with E-state index in [1.54, 1.807) is 60.7 Å². The van der Waals surface area contributed by atoms with Gasteiger partial charge in [-0.15, -0.1) is 0 Å². The van der Waals surface area contributed by atoms with E-state index in [0.717, 1.165) is 48.5 Å². The van der Waals surface area contributed by atoms with E-state index < -0.39 is 145 Å². The highest BCUT2D eigenvalue weighted by molar-refractivity contribution is 14.1. The molecule has 2 aromatic rings. The number of alkyl carbamates (subject to hydrolysis) is 1. The normalized spacial score (nSPS) is 25.1. The molecule has 23 heteroatoms. The first-order valence-electron chi connectivity index (χ1n) is 21.1. The predicted molar refractivity (Wildman–Crippen MR) is 235 cm³/mol. The fraction of sp³-hybridized carbons (Fsp3) is 0.533. The molecule has 372 valence electrons. The van der Waals surface area contributed by atoms with Crippen LogP contribution in [0.4, 0.5) is 4.79 Å². The summed E-state index contributed by atoms with van der Waals surface area (Å²) in [5, 5.41) is 2.45. The number of hydrogen-bond donors (Lipinski definition) is 1. The molecule has 1 amide bonds. The summed E-state index contributed by atoms with van der Waals surface area (Å²) >= 11 is 1.84. The third kappa shape index (κ3) is 17.0. The van der Waals surface area contributed by atoms with E-state index >= 15 is 0 Å². The Morgan fingerprint density at radius 3 is 1.53 bits per heavy atom. The smallest absolute Gasteiger partial charge is 0.408 e. The first-order chi connectivity index (χ1) is 32.2. The van der Waals surface area contributed by atoms with Crippen molar-refractivity contribution in [1.29, 1.82) is 0 Å². The number of halogens is 1. The Morgan fingerprint density at radius 2 is 1.03 bits per heavy atom. The molecule has 0 spiro atoms. The molecule has 2 heterocycles. The van der Waals surface area contributed by atoms with Crippen LogP contribution in [0.3, 0.4) is 0 Å². The van der Waals surface area contributed by atoms with Gasteiger partial charge in [0.15, 0.2) is 30.6 Å². The van der Waals surface area contributed by atoms with Gasteiger partial charge in [-0.3, -0.25) is 33.6 Å². The van der Waals surface area contributed by atoms with Gasteiger partial charge in [0.05, 0.1) is 16.4 Å². The van der Waals surface area contributed by atoms with Gasteiger partial charge in [-0.05, 0) is 11.1 Å². The summed E-state index contributed by atoms with van der Waals surface area (Å²) in [6.45, 7) is 5.08. The number of amides is 1. The molecule has 0 unspecified atom stereocenters. The SMILES string of the molecule is CC(=O)OC[C@H]1O[C@@H]([C@H](OC(C)=O)[C@@H]2[C@H](I)[C@@H](OC[C@H](NC(=O)OCc3ccccc3)C(=O)OCc3ccccc3)O[C@H](COC(C)=O)[C@@H]2OC(C)=O)[C@H](OC(C)=O)[C@@H](OC(C)=O)[C@H]1OC(C)=O. The predicted octanol–water partition coefficient (Wildman–Crippen LogP) is 2.74. The van der Waals surface area contributed by atoms with Crippen LogP contribution < -0.4 is 5.32 Å². The van der Waals surface area contributed by atoms with Crippen molar-refractivity contribution in [3.05, 3.63) is 71.8 Å². The van der Waals surface area contributed by atoms with Crippen LogP contribution in [0, 0.1) is 5.92 Å². The Kier molecular flexibility index (Phi) is 21.4. The lowest BCUT2D eigenvalue weighted by Gasteiger charge is -2.51. The van der Waals surface area contributed by atoms with Crippen molar-refractivity contribution >= 4 is 76.4 Å². The van der Waals surface area contributed by atoms with Crippen LogP contribution >= 0.6 is 22.6 Å². The van der Waals surface area contributed by atoms with Gasteiger partial charge in [0.1, 0.15) is 56.9 Å². The van der Waals surface area contributed by atoms with Gasteiger partial charge in [-0.1, -0.05) is 83.3 Å². The van der Waals surface area contributed by atoms with E-state index in [-0.39, 0.29) is 13.2 Å². The molecule has 22 nitrogen and oxygen atoms in total. The summed E-state index contributed by atoms with van der Waals surface area (Å²) < 4.78 is 67.9. The van der Waals surface area contributed by atoms with Crippen molar-refractivity contribution < 1.29 is 100.0 Å². The van der Waals surface area contributed by atoms with E-state index in [9.17, 15) is 43.2 Å². The van der Waals surface area contributed by atoms with E-state index in [4.69, 9.17) is 56.8 Å². The van der Waals surface area contributed by atoms with Crippen molar-refractivity contribution in [3.8, 4) is 0 Å². The number of carbonyl (C=O) groups excluding carboxylic acids is 9. The van der Waals surface area contributed by atoms with Crippen LogP contribution in [0.25, 0.3) is 0 Å². The minimum absolute atomic E-state index is 0.158. The van der Waals surface area contributed by atoms with Gasteiger partial charge < -0.3 is 62.2 Å². The average Bonchev–Trinajstić information content (AvgIpc) is 3.26. The van der Waals surface area contributed by atoms with E-state index in [1.165, 1.54) is 0 Å². The second-order valence-electron chi connectivity index (χ2n) is 15.4. The first kappa shape index (κ1) is 54.7. The number of nitrogens with one attached hydrogen (secondary N) is 1. The van der Waals surface area contributed by atoms with Gasteiger partial charge in [0.2, 0.25) is 0 Å². The van der Waals surface area contributed by atoms with Crippen LogP contribution in [-0.4, -0.2) is 139 Å². The molecule has 12 atom stereocenters. The van der Waals surface area contributed by atoms with Gasteiger partial charge >= 0.3 is 53.8 Å². The lowest BCUT2D eigenvalue weighted by atomic mass is 9.80. The largest absolute Gasteiger partial charge is 0.463 e. The maximum Gasteiger partial charge on any atom is 0.408 e. The molecule has 0 saturated carbocycles. The van der Waals surface area contributed by atoms with Crippen molar-refractivity contribution in [1.82, 2.24) is 5.32 Å². The number of hydrogen-bond acceptors (Lipinski definition) is 21. The molecule has 2 fully saturated rings. The molecule has 2 aliphatic rings. The van der Waals surface area contributed by atoms with Gasteiger partial charge in [-0.2, -0.15) is 0 Å². The molecule has 2 saturated heterocycles. The molecular formula is C45H54INO21. The molecule has 0 bridgehead atoms. The summed E-state index contributed by atoms with van der Waals surface area (Å²) in [7, 11) is 0. The second-order valence-corrected chi connectivity index (χ2v) is 16.8. The average molecular weight is 1070 g/mol. The Morgan fingerprint density at radius 1 is 0.559 bits per heavy atom. The molecule has 0 radical (unpaired) electrons. The summed E-state index contributed by atoms with van der Waals surface area (Å²) in [6.07, 6.45) is -15.6. The number of carbonyl (C=O) groups is 9. The zero-order chi connectivity index (χ0) is 50.1. The van der Waals surface area contributed by atoms with E-state index in [1.807, 2.05) is 22.6 Å². The molecule has 0 aromatic heterocycles. The second kappa shape index (κ2) is 26.6. The lowest BCUT2D eigenvalue weighted by molar-refractivity contribution is -0.291. The van der Waals surface area contributed by atoms with Crippen molar-refractivity contribution in [2.45, 2.75) is 127 Å². The van der Waals surface area contributed by atoms with E-state index in [2.05, 4.69) is 5.32 Å². The number of benzene rings is 2.